The number of rotatable bonds is 6. The van der Waals surface area contributed by atoms with Crippen LogP contribution in [0.5, 0.6) is 0 Å². The zero-order valence-corrected chi connectivity index (χ0v) is 12.3. The van der Waals surface area contributed by atoms with E-state index >= 15 is 0 Å². The number of hydrogen-bond donors (Lipinski definition) is 1. The largest absolute Gasteiger partial charge is 0.295 e. The van der Waals surface area contributed by atoms with Crippen LogP contribution in [0.1, 0.15) is 12.5 Å². The summed E-state index contributed by atoms with van der Waals surface area (Å²) in [6.45, 7) is 2.70. The van der Waals surface area contributed by atoms with Gasteiger partial charge < -0.3 is 0 Å². The monoisotopic (exact) mass is 288 g/mol. The van der Waals surface area contributed by atoms with Gasteiger partial charge in [-0.3, -0.25) is 5.32 Å². The highest BCUT2D eigenvalue weighted by Crippen LogP contribution is 2.28. The molecule has 1 aromatic heterocycles. The van der Waals surface area contributed by atoms with Gasteiger partial charge in [-0.05, 0) is 22.5 Å². The van der Waals surface area contributed by atoms with E-state index in [4.69, 9.17) is 0 Å². The number of nitriles is 1. The van der Waals surface area contributed by atoms with Crippen LogP contribution in [0.4, 0.5) is 0 Å². The number of nitrogens with zero attached hydrogens (tertiary/aromatic N) is 5. The molecular weight excluding hydrogens is 272 g/mol. The van der Waals surface area contributed by atoms with Crippen molar-refractivity contribution in [2.24, 2.45) is 7.05 Å². The first-order chi connectivity index (χ1) is 9.72. The molecule has 20 heavy (non-hydrogen) atoms. The van der Waals surface area contributed by atoms with Crippen molar-refractivity contribution >= 4 is 11.8 Å². The predicted octanol–water partition coefficient (Wildman–Crippen LogP) is 1.33. The first-order valence-corrected chi connectivity index (χ1v) is 7.27. The molecule has 1 N–H and O–H groups in total. The molecule has 6 nitrogen and oxygen atoms in total. The summed E-state index contributed by atoms with van der Waals surface area (Å²) in [5, 5.41) is 25.0. The minimum absolute atomic E-state index is 0.537. The van der Waals surface area contributed by atoms with Crippen LogP contribution in [0.15, 0.2) is 35.5 Å². The summed E-state index contributed by atoms with van der Waals surface area (Å²) in [6.07, 6.45) is 0. The second-order valence-corrected chi connectivity index (χ2v) is 5.23. The molecule has 0 aliphatic rings. The summed E-state index contributed by atoms with van der Waals surface area (Å²) in [6, 6.07) is 12.1. The zero-order valence-electron chi connectivity index (χ0n) is 11.4. The lowest BCUT2D eigenvalue weighted by Crippen LogP contribution is -2.43. The average Bonchev–Trinajstić information content (AvgIpc) is 2.90. The second-order valence-electron chi connectivity index (χ2n) is 4.29. The predicted molar refractivity (Wildman–Crippen MR) is 76.9 cm³/mol. The minimum atomic E-state index is -0.743. The number of hydrogen-bond acceptors (Lipinski definition) is 6. The minimum Gasteiger partial charge on any atom is -0.295 e. The Balaban J connectivity index is 2.24. The van der Waals surface area contributed by atoms with Gasteiger partial charge in [0.25, 0.3) is 0 Å². The fraction of sp³-hybridized carbons (Fsp3) is 0.385. The Hall–Kier alpha value is -1.91. The lowest BCUT2D eigenvalue weighted by atomic mass is 9.93. The first-order valence-electron chi connectivity index (χ1n) is 6.29. The van der Waals surface area contributed by atoms with E-state index in [-0.39, 0.29) is 0 Å². The maximum absolute atomic E-state index is 9.67. The van der Waals surface area contributed by atoms with Gasteiger partial charge >= 0.3 is 0 Å². The van der Waals surface area contributed by atoms with E-state index in [2.05, 4.69) is 26.9 Å². The van der Waals surface area contributed by atoms with Crippen LogP contribution in [0.25, 0.3) is 0 Å². The third-order valence-corrected chi connectivity index (χ3v) is 4.12. The lowest BCUT2D eigenvalue weighted by Gasteiger charge is -2.27. The molecule has 0 saturated heterocycles. The molecule has 0 aliphatic carbocycles. The van der Waals surface area contributed by atoms with Crippen LogP contribution in [0, 0.1) is 11.3 Å². The van der Waals surface area contributed by atoms with Gasteiger partial charge in [-0.2, -0.15) is 5.26 Å². The van der Waals surface area contributed by atoms with E-state index in [1.165, 1.54) is 11.8 Å². The van der Waals surface area contributed by atoms with Crippen molar-refractivity contribution in [1.82, 2.24) is 25.5 Å². The highest BCUT2D eigenvalue weighted by atomic mass is 32.2. The van der Waals surface area contributed by atoms with Crippen LogP contribution >= 0.6 is 11.8 Å². The van der Waals surface area contributed by atoms with E-state index in [0.29, 0.717) is 17.5 Å². The molecule has 0 bridgehead atoms. The molecule has 0 fully saturated rings. The fourth-order valence-corrected chi connectivity index (χ4v) is 2.91. The van der Waals surface area contributed by atoms with Crippen LogP contribution in [-0.2, 0) is 12.6 Å². The van der Waals surface area contributed by atoms with Crippen molar-refractivity contribution in [3.05, 3.63) is 35.9 Å². The standard InChI is InChI=1S/C13H16N6S/c1-3-15-13(9-14,11-7-5-4-6-8-11)10-20-12-16-17-18-19(12)2/h4-8,15H,3,10H2,1-2H3. The van der Waals surface area contributed by atoms with E-state index in [1.54, 1.807) is 11.7 Å². The fourth-order valence-electron chi connectivity index (χ4n) is 1.91. The SMILES string of the molecule is CCNC(C#N)(CSc1nnnn1C)c1ccccc1. The van der Waals surface area contributed by atoms with Crippen molar-refractivity contribution in [1.29, 1.82) is 5.26 Å². The van der Waals surface area contributed by atoms with Gasteiger partial charge in [0.1, 0.15) is 5.54 Å². The third-order valence-electron chi connectivity index (χ3n) is 2.94. The third kappa shape index (κ3) is 2.98. The van der Waals surface area contributed by atoms with Gasteiger partial charge in [-0.25, -0.2) is 4.68 Å². The Bertz CT molecular complexity index is 590. The topological polar surface area (TPSA) is 79.4 Å². The van der Waals surface area contributed by atoms with E-state index in [9.17, 15) is 5.26 Å². The molecule has 1 heterocycles. The van der Waals surface area contributed by atoms with Gasteiger partial charge in [-0.15, -0.1) is 5.10 Å². The van der Waals surface area contributed by atoms with Crippen LogP contribution in [0.3, 0.4) is 0 Å². The Morgan fingerprint density at radius 2 is 2.15 bits per heavy atom. The number of benzene rings is 1. The van der Waals surface area contributed by atoms with Crippen LogP contribution < -0.4 is 5.32 Å². The van der Waals surface area contributed by atoms with Crippen LogP contribution in [0.2, 0.25) is 0 Å². The number of nitrogens with one attached hydrogen (secondary N) is 1. The number of aromatic nitrogens is 4. The van der Waals surface area contributed by atoms with Crippen LogP contribution in [-0.4, -0.2) is 32.5 Å². The molecule has 0 radical (unpaired) electrons. The summed E-state index contributed by atoms with van der Waals surface area (Å²) in [7, 11) is 1.78. The summed E-state index contributed by atoms with van der Waals surface area (Å²) in [5.41, 5.74) is 0.207. The summed E-state index contributed by atoms with van der Waals surface area (Å²) >= 11 is 1.46. The Kier molecular flexibility index (Phi) is 4.71. The lowest BCUT2D eigenvalue weighted by molar-refractivity contribution is 0.489. The van der Waals surface area contributed by atoms with Crippen molar-refractivity contribution < 1.29 is 0 Å². The van der Waals surface area contributed by atoms with E-state index in [1.807, 2.05) is 37.3 Å². The molecule has 7 heteroatoms. The van der Waals surface area contributed by atoms with Gasteiger partial charge in [-0.1, -0.05) is 49.0 Å². The highest BCUT2D eigenvalue weighted by molar-refractivity contribution is 7.99. The van der Waals surface area contributed by atoms with E-state index < -0.39 is 5.54 Å². The molecule has 0 amide bonds. The highest BCUT2D eigenvalue weighted by Gasteiger charge is 2.32. The normalized spacial score (nSPS) is 13.7. The Labute approximate surface area is 122 Å². The summed E-state index contributed by atoms with van der Waals surface area (Å²) < 4.78 is 1.60. The molecule has 0 saturated carbocycles. The number of tetrazole rings is 1. The molecule has 1 unspecified atom stereocenters. The zero-order chi connectivity index (χ0) is 14.4. The maximum Gasteiger partial charge on any atom is 0.209 e. The molecule has 0 aliphatic heterocycles. The molecule has 2 aromatic rings. The average molecular weight is 288 g/mol. The second kappa shape index (κ2) is 6.50. The smallest absolute Gasteiger partial charge is 0.209 e. The molecular formula is C13H16N6S. The quantitative estimate of drug-likeness (QED) is 0.808. The Morgan fingerprint density at radius 1 is 1.40 bits per heavy atom. The molecule has 0 spiro atoms. The summed E-state index contributed by atoms with van der Waals surface area (Å²) in [4.78, 5) is 0. The molecule has 1 aromatic carbocycles. The Morgan fingerprint density at radius 3 is 2.70 bits per heavy atom. The number of aryl methyl sites for hydroxylation is 1. The summed E-state index contributed by atoms with van der Waals surface area (Å²) in [5.74, 6) is 0.537. The molecule has 1 atom stereocenters. The molecule has 104 valence electrons. The van der Waals surface area contributed by atoms with E-state index in [0.717, 1.165) is 5.56 Å². The maximum atomic E-state index is 9.67. The van der Waals surface area contributed by atoms with Crippen molar-refractivity contribution in [2.45, 2.75) is 17.6 Å². The van der Waals surface area contributed by atoms with Crippen molar-refractivity contribution in [3.63, 3.8) is 0 Å². The van der Waals surface area contributed by atoms with Crippen molar-refractivity contribution in [2.75, 3.05) is 12.3 Å². The van der Waals surface area contributed by atoms with Gasteiger partial charge in [0.2, 0.25) is 5.16 Å². The van der Waals surface area contributed by atoms with Crippen molar-refractivity contribution in [3.8, 4) is 6.07 Å². The molecule has 2 rings (SSSR count). The van der Waals surface area contributed by atoms with Gasteiger partial charge in [0.15, 0.2) is 0 Å². The van der Waals surface area contributed by atoms with Gasteiger partial charge in [0.05, 0.1) is 6.07 Å². The first kappa shape index (κ1) is 14.5. The van der Waals surface area contributed by atoms with Gasteiger partial charge in [0, 0.05) is 12.8 Å². The number of thioether (sulfide) groups is 1.